The normalized spacial score (nSPS) is 25.0. The summed E-state index contributed by atoms with van der Waals surface area (Å²) in [7, 11) is 0. The van der Waals surface area contributed by atoms with Crippen LogP contribution >= 0.6 is 0 Å². The van der Waals surface area contributed by atoms with Gasteiger partial charge in [0.25, 0.3) is 0 Å². The molecule has 0 spiro atoms. The van der Waals surface area contributed by atoms with Crippen LogP contribution in [0.1, 0.15) is 48.4 Å². The van der Waals surface area contributed by atoms with Gasteiger partial charge in [-0.05, 0) is 67.1 Å². The molecule has 3 fully saturated rings. The Balaban J connectivity index is 1.39. The molecule has 8 nitrogen and oxygen atoms in total. The molecule has 3 saturated heterocycles. The summed E-state index contributed by atoms with van der Waals surface area (Å²) in [5.41, 5.74) is 3.01. The first-order valence-corrected chi connectivity index (χ1v) is 12.3. The lowest BCUT2D eigenvalue weighted by Gasteiger charge is -2.45. The number of ether oxygens (including phenoxy) is 2. The molecule has 8 heteroatoms. The molecule has 0 aromatic heterocycles. The number of hydrogen-bond acceptors (Lipinski definition) is 6. The molecule has 4 heterocycles. The van der Waals surface area contributed by atoms with Gasteiger partial charge in [0.1, 0.15) is 11.9 Å². The Kier molecular flexibility index (Phi) is 6.72. The zero-order chi connectivity index (χ0) is 24.4. The van der Waals surface area contributed by atoms with Crippen molar-refractivity contribution >= 4 is 18.0 Å². The summed E-state index contributed by atoms with van der Waals surface area (Å²) >= 11 is 0. The van der Waals surface area contributed by atoms with E-state index in [-0.39, 0.29) is 31.1 Å². The van der Waals surface area contributed by atoms with E-state index in [0.717, 1.165) is 50.0 Å². The second-order valence-electron chi connectivity index (χ2n) is 9.55. The summed E-state index contributed by atoms with van der Waals surface area (Å²) < 4.78 is 11.5. The molecule has 6 rings (SSSR count). The van der Waals surface area contributed by atoms with E-state index in [1.165, 1.54) is 5.56 Å². The Labute approximate surface area is 204 Å². The van der Waals surface area contributed by atoms with Crippen LogP contribution in [0.15, 0.2) is 48.5 Å². The largest absolute Gasteiger partial charge is 0.481 e. The number of hydrogen-bond donors (Lipinski definition) is 1. The molecule has 0 radical (unpaired) electrons. The minimum absolute atomic E-state index is 0.0793. The van der Waals surface area contributed by atoms with E-state index in [0.29, 0.717) is 18.2 Å². The van der Waals surface area contributed by atoms with Crippen LogP contribution in [0.4, 0.5) is 4.79 Å². The number of nitrogens with zero attached hydrogens (tertiary/aromatic N) is 2. The zero-order valence-corrected chi connectivity index (χ0v) is 19.6. The van der Waals surface area contributed by atoms with E-state index in [9.17, 15) is 14.4 Å². The number of amides is 1. The smallest absolute Gasteiger partial charge is 0.410 e. The second kappa shape index (κ2) is 10.1. The molecule has 0 saturated carbocycles. The van der Waals surface area contributed by atoms with Crippen molar-refractivity contribution in [3.8, 4) is 5.75 Å². The molecule has 2 aromatic carbocycles. The number of aliphatic carboxylic acids is 1. The van der Waals surface area contributed by atoms with Crippen molar-refractivity contribution in [1.82, 2.24) is 9.80 Å². The summed E-state index contributed by atoms with van der Waals surface area (Å²) in [5.74, 6) is -0.904. The Bertz CT molecular complexity index is 1110. The molecule has 4 aliphatic heterocycles. The Morgan fingerprint density at radius 3 is 2.51 bits per heavy atom. The highest BCUT2D eigenvalue weighted by molar-refractivity contribution is 5.78. The SMILES string of the molecule is O=C(O)CCC(=O)Oc1cccc([C@H]2c3ccccc3CCN2C(=O)O[C@H]2CN3CCC2CC3)c1. The van der Waals surface area contributed by atoms with Crippen molar-refractivity contribution in [2.24, 2.45) is 5.92 Å². The standard InChI is InChI=1S/C27H30N2O6/c30-24(31)8-9-25(32)34-21-6-3-5-20(16-21)26-22-7-2-1-4-18(22)12-15-29(26)27(33)35-23-17-28-13-10-19(23)11-14-28/h1-7,16,19,23,26H,8-15,17H2,(H,30,31)/t23-,26-/m0/s1. The Hall–Kier alpha value is -3.39. The highest BCUT2D eigenvalue weighted by Gasteiger charge is 2.39. The quantitative estimate of drug-likeness (QED) is 0.500. The maximum atomic E-state index is 13.5. The van der Waals surface area contributed by atoms with Crippen molar-refractivity contribution in [1.29, 1.82) is 0 Å². The first-order chi connectivity index (χ1) is 17.0. The van der Waals surface area contributed by atoms with Crippen LogP contribution in [0.3, 0.4) is 0 Å². The van der Waals surface area contributed by atoms with Gasteiger partial charge in [0.2, 0.25) is 0 Å². The van der Waals surface area contributed by atoms with E-state index < -0.39 is 11.9 Å². The molecular weight excluding hydrogens is 448 g/mol. The third kappa shape index (κ3) is 5.17. The molecule has 184 valence electrons. The third-order valence-corrected chi connectivity index (χ3v) is 7.31. The van der Waals surface area contributed by atoms with Crippen LogP contribution in [-0.2, 0) is 20.7 Å². The number of piperidine rings is 3. The molecule has 4 aliphatic rings. The number of carboxylic acid groups (broad SMARTS) is 1. The highest BCUT2D eigenvalue weighted by atomic mass is 16.6. The van der Waals surface area contributed by atoms with Crippen molar-refractivity contribution in [3.05, 3.63) is 65.2 Å². The number of benzene rings is 2. The molecule has 1 N–H and O–H groups in total. The van der Waals surface area contributed by atoms with Gasteiger partial charge in [-0.15, -0.1) is 0 Å². The van der Waals surface area contributed by atoms with Crippen LogP contribution in [0.5, 0.6) is 5.75 Å². The third-order valence-electron chi connectivity index (χ3n) is 7.31. The summed E-state index contributed by atoms with van der Waals surface area (Å²) in [6.07, 6.45) is 2.00. The number of carbonyl (C=O) groups excluding carboxylic acids is 2. The molecular formula is C27H30N2O6. The Morgan fingerprint density at radius 1 is 0.971 bits per heavy atom. The lowest BCUT2D eigenvalue weighted by atomic mass is 9.86. The van der Waals surface area contributed by atoms with Crippen LogP contribution in [0.2, 0.25) is 0 Å². The number of carbonyl (C=O) groups is 3. The molecule has 2 aromatic rings. The fourth-order valence-corrected chi connectivity index (χ4v) is 5.50. The molecule has 2 bridgehead atoms. The van der Waals surface area contributed by atoms with Gasteiger partial charge in [-0.25, -0.2) is 4.79 Å². The first kappa shape index (κ1) is 23.4. The number of esters is 1. The minimum Gasteiger partial charge on any atom is -0.481 e. The summed E-state index contributed by atoms with van der Waals surface area (Å²) in [5, 5.41) is 8.81. The fraction of sp³-hybridized carbons (Fsp3) is 0.444. The van der Waals surface area contributed by atoms with Gasteiger partial charge < -0.3 is 14.6 Å². The van der Waals surface area contributed by atoms with Crippen molar-refractivity contribution in [2.75, 3.05) is 26.2 Å². The predicted molar refractivity (Wildman–Crippen MR) is 127 cm³/mol. The maximum absolute atomic E-state index is 13.5. The van der Waals surface area contributed by atoms with E-state index in [2.05, 4.69) is 11.0 Å². The topological polar surface area (TPSA) is 96.4 Å². The van der Waals surface area contributed by atoms with Gasteiger partial charge in [-0.3, -0.25) is 19.4 Å². The van der Waals surface area contributed by atoms with Crippen LogP contribution < -0.4 is 4.74 Å². The van der Waals surface area contributed by atoms with Crippen molar-refractivity contribution in [2.45, 2.75) is 44.2 Å². The minimum atomic E-state index is -1.05. The van der Waals surface area contributed by atoms with E-state index in [1.54, 1.807) is 23.1 Å². The molecule has 2 atom stereocenters. The van der Waals surface area contributed by atoms with Crippen LogP contribution in [0.25, 0.3) is 0 Å². The summed E-state index contributed by atoms with van der Waals surface area (Å²) in [4.78, 5) is 40.5. The predicted octanol–water partition coefficient (Wildman–Crippen LogP) is 3.64. The average molecular weight is 479 g/mol. The van der Waals surface area contributed by atoms with Gasteiger partial charge >= 0.3 is 18.0 Å². The number of fused-ring (bicyclic) bond motifs is 4. The van der Waals surface area contributed by atoms with E-state index >= 15 is 0 Å². The Morgan fingerprint density at radius 2 is 1.77 bits per heavy atom. The average Bonchev–Trinajstić information content (AvgIpc) is 2.87. The lowest BCUT2D eigenvalue weighted by molar-refractivity contribution is -0.142. The van der Waals surface area contributed by atoms with Crippen LogP contribution in [0, 0.1) is 5.92 Å². The number of carboxylic acids is 1. The number of rotatable bonds is 6. The van der Waals surface area contributed by atoms with E-state index in [4.69, 9.17) is 14.6 Å². The summed E-state index contributed by atoms with van der Waals surface area (Å²) in [6, 6.07) is 14.8. The zero-order valence-electron chi connectivity index (χ0n) is 19.6. The maximum Gasteiger partial charge on any atom is 0.410 e. The molecule has 0 aliphatic carbocycles. The van der Waals surface area contributed by atoms with Gasteiger partial charge in [-0.2, -0.15) is 0 Å². The van der Waals surface area contributed by atoms with Gasteiger partial charge in [0.15, 0.2) is 0 Å². The van der Waals surface area contributed by atoms with Gasteiger partial charge in [0, 0.05) is 13.1 Å². The summed E-state index contributed by atoms with van der Waals surface area (Å²) in [6.45, 7) is 3.49. The van der Waals surface area contributed by atoms with Crippen molar-refractivity contribution < 1.29 is 29.0 Å². The van der Waals surface area contributed by atoms with Crippen LogP contribution in [-0.4, -0.2) is 65.2 Å². The van der Waals surface area contributed by atoms with Gasteiger partial charge in [0.05, 0.1) is 18.9 Å². The monoisotopic (exact) mass is 478 g/mol. The second-order valence-corrected chi connectivity index (χ2v) is 9.55. The lowest BCUT2D eigenvalue weighted by Crippen LogP contribution is -2.53. The molecule has 0 unspecified atom stereocenters. The van der Waals surface area contributed by atoms with Gasteiger partial charge in [-0.1, -0.05) is 36.4 Å². The molecule has 1 amide bonds. The fourth-order valence-electron chi connectivity index (χ4n) is 5.50. The first-order valence-electron chi connectivity index (χ1n) is 12.3. The highest BCUT2D eigenvalue weighted by Crippen LogP contribution is 2.38. The van der Waals surface area contributed by atoms with E-state index in [1.807, 2.05) is 24.3 Å². The molecule has 35 heavy (non-hydrogen) atoms. The van der Waals surface area contributed by atoms with Crippen molar-refractivity contribution in [3.63, 3.8) is 0 Å².